The Bertz CT molecular complexity index is 384. The fraction of sp³-hybridized carbons (Fsp3) is 0.364. The molecule has 0 spiro atoms. The Labute approximate surface area is 109 Å². The van der Waals surface area contributed by atoms with Crippen LogP contribution in [0.5, 0.6) is 0 Å². The molecule has 0 aromatic heterocycles. The summed E-state index contributed by atoms with van der Waals surface area (Å²) in [7, 11) is 1.61. The van der Waals surface area contributed by atoms with Crippen LogP contribution < -0.4 is 5.32 Å². The van der Waals surface area contributed by atoms with Crippen LogP contribution in [0, 0.1) is 0 Å². The van der Waals surface area contributed by atoms with Crippen LogP contribution in [0.1, 0.15) is 17.3 Å². The summed E-state index contributed by atoms with van der Waals surface area (Å²) in [4.78, 5) is 12.4. The lowest BCUT2D eigenvalue weighted by molar-refractivity contribution is 0.0868. The quantitative estimate of drug-likeness (QED) is 0.839. The summed E-state index contributed by atoms with van der Waals surface area (Å²) in [6, 6.07) is 5.34. The van der Waals surface area contributed by atoms with Gasteiger partial charge in [-0.3, -0.25) is 4.79 Å². The average Bonchev–Trinajstić information content (AvgIpc) is 2.25. The van der Waals surface area contributed by atoms with Crippen LogP contribution in [-0.4, -0.2) is 25.7 Å². The van der Waals surface area contributed by atoms with Crippen molar-refractivity contribution in [1.82, 2.24) is 5.32 Å². The number of carbonyl (C=O) groups is 1. The molecule has 0 fully saturated rings. The van der Waals surface area contributed by atoms with Gasteiger partial charge in [-0.25, -0.2) is 0 Å². The second-order valence-corrected chi connectivity index (χ2v) is 4.82. The Kier molecular flexibility index (Phi) is 5.31. The zero-order valence-corrected chi connectivity index (χ0v) is 11.6. The van der Waals surface area contributed by atoms with E-state index in [-0.39, 0.29) is 12.0 Å². The molecule has 0 aliphatic carbocycles. The molecule has 1 rings (SSSR count). The van der Waals surface area contributed by atoms with E-state index in [4.69, 9.17) is 4.74 Å². The highest BCUT2D eigenvalue weighted by Gasteiger charge is 2.10. The molecule has 0 saturated heterocycles. The minimum absolute atomic E-state index is 0.00256. The molecule has 0 saturated carbocycles. The largest absolute Gasteiger partial charge is 0.380 e. The molecule has 1 N–H and O–H groups in total. The number of thiol groups is 1. The maximum atomic E-state index is 11.8. The first-order valence-electron chi connectivity index (χ1n) is 4.84. The highest BCUT2D eigenvalue weighted by Crippen LogP contribution is 2.19. The van der Waals surface area contributed by atoms with Crippen LogP contribution in [0.4, 0.5) is 0 Å². The number of methoxy groups -OCH3 is 1. The summed E-state index contributed by atoms with van der Waals surface area (Å²) in [5, 5.41) is 2.78. The van der Waals surface area contributed by atoms with E-state index in [9.17, 15) is 4.79 Å². The van der Waals surface area contributed by atoms with Crippen molar-refractivity contribution in [3.05, 3.63) is 28.2 Å². The number of nitrogens with one attached hydrogen (secondary N) is 1. The Morgan fingerprint density at radius 1 is 1.62 bits per heavy atom. The molecular formula is C11H14BrNO2S. The fourth-order valence-corrected chi connectivity index (χ4v) is 1.96. The smallest absolute Gasteiger partial charge is 0.252 e. The van der Waals surface area contributed by atoms with E-state index in [1.54, 1.807) is 19.2 Å². The molecule has 0 aliphatic heterocycles. The first-order valence-corrected chi connectivity index (χ1v) is 6.08. The van der Waals surface area contributed by atoms with Gasteiger partial charge < -0.3 is 10.1 Å². The number of carbonyl (C=O) groups excluding carboxylic acids is 1. The van der Waals surface area contributed by atoms with Crippen LogP contribution in [0.25, 0.3) is 0 Å². The monoisotopic (exact) mass is 303 g/mol. The van der Waals surface area contributed by atoms with Crippen LogP contribution in [-0.2, 0) is 4.74 Å². The van der Waals surface area contributed by atoms with E-state index in [1.165, 1.54) is 0 Å². The van der Waals surface area contributed by atoms with Gasteiger partial charge in [-0.2, -0.15) is 0 Å². The van der Waals surface area contributed by atoms with Gasteiger partial charge in [0.1, 0.15) is 0 Å². The number of hydrogen-bond acceptors (Lipinski definition) is 3. The van der Waals surface area contributed by atoms with Gasteiger partial charge in [-0.05, 0) is 25.1 Å². The summed E-state index contributed by atoms with van der Waals surface area (Å²) in [5.41, 5.74) is 0.565. The minimum Gasteiger partial charge on any atom is -0.380 e. The molecule has 1 unspecified atom stereocenters. The maximum absolute atomic E-state index is 11.8. The summed E-state index contributed by atoms with van der Waals surface area (Å²) in [5.74, 6) is -0.138. The lowest BCUT2D eigenvalue weighted by Gasteiger charge is -2.11. The van der Waals surface area contributed by atoms with Crippen LogP contribution >= 0.6 is 28.6 Å². The predicted octanol–water partition coefficient (Wildman–Crippen LogP) is 2.50. The van der Waals surface area contributed by atoms with Gasteiger partial charge in [0.15, 0.2) is 0 Å². The number of benzene rings is 1. The SMILES string of the molecule is COC(C)CNC(=O)c1ccc(Br)cc1S. The van der Waals surface area contributed by atoms with Crippen molar-refractivity contribution in [2.75, 3.05) is 13.7 Å². The van der Waals surface area contributed by atoms with Crippen molar-refractivity contribution in [3.63, 3.8) is 0 Å². The molecule has 1 amide bonds. The first kappa shape index (κ1) is 13.5. The Morgan fingerprint density at radius 2 is 2.31 bits per heavy atom. The molecule has 1 aromatic carbocycles. The lowest BCUT2D eigenvalue weighted by Crippen LogP contribution is -2.31. The van der Waals surface area contributed by atoms with Gasteiger partial charge in [0, 0.05) is 23.0 Å². The molecule has 0 heterocycles. The molecule has 0 aliphatic rings. The molecule has 16 heavy (non-hydrogen) atoms. The molecule has 1 aromatic rings. The number of halogens is 1. The second kappa shape index (κ2) is 6.27. The van der Waals surface area contributed by atoms with Crippen molar-refractivity contribution < 1.29 is 9.53 Å². The van der Waals surface area contributed by atoms with Gasteiger partial charge in [0.25, 0.3) is 5.91 Å². The zero-order valence-electron chi connectivity index (χ0n) is 9.16. The highest BCUT2D eigenvalue weighted by molar-refractivity contribution is 9.10. The van der Waals surface area contributed by atoms with Gasteiger partial charge in [0.2, 0.25) is 0 Å². The standard InChI is InChI=1S/C11H14BrNO2S/c1-7(15-2)6-13-11(14)9-4-3-8(12)5-10(9)16/h3-5,7,16H,6H2,1-2H3,(H,13,14). The highest BCUT2D eigenvalue weighted by atomic mass is 79.9. The fourth-order valence-electron chi connectivity index (χ4n) is 1.11. The molecule has 1 atom stereocenters. The number of ether oxygens (including phenoxy) is 1. The van der Waals surface area contributed by atoms with Crippen molar-refractivity contribution in [1.29, 1.82) is 0 Å². The van der Waals surface area contributed by atoms with Gasteiger partial charge in [0.05, 0.1) is 11.7 Å². The van der Waals surface area contributed by atoms with Crippen molar-refractivity contribution in [2.45, 2.75) is 17.9 Å². The van der Waals surface area contributed by atoms with E-state index in [0.717, 1.165) is 4.47 Å². The molecule has 88 valence electrons. The van der Waals surface area contributed by atoms with Gasteiger partial charge in [-0.15, -0.1) is 12.6 Å². The zero-order chi connectivity index (χ0) is 12.1. The molecule has 3 nitrogen and oxygen atoms in total. The van der Waals surface area contributed by atoms with Crippen molar-refractivity contribution >= 4 is 34.5 Å². The number of amides is 1. The normalized spacial score (nSPS) is 12.2. The summed E-state index contributed by atoms with van der Waals surface area (Å²) < 4.78 is 5.95. The minimum atomic E-state index is -0.138. The summed E-state index contributed by atoms with van der Waals surface area (Å²) in [6.45, 7) is 2.38. The lowest BCUT2D eigenvalue weighted by atomic mass is 10.2. The summed E-state index contributed by atoms with van der Waals surface area (Å²) in [6.07, 6.45) is 0.00256. The predicted molar refractivity (Wildman–Crippen MR) is 70.2 cm³/mol. The molecular weight excluding hydrogens is 290 g/mol. The van der Waals surface area contributed by atoms with Crippen molar-refractivity contribution in [3.8, 4) is 0 Å². The van der Waals surface area contributed by atoms with Crippen molar-refractivity contribution in [2.24, 2.45) is 0 Å². The van der Waals surface area contributed by atoms with E-state index in [0.29, 0.717) is 17.0 Å². The Balaban J connectivity index is 2.66. The van der Waals surface area contributed by atoms with E-state index < -0.39 is 0 Å². The maximum Gasteiger partial charge on any atom is 0.252 e. The van der Waals surface area contributed by atoms with Gasteiger partial charge >= 0.3 is 0 Å². The van der Waals surface area contributed by atoms with Crippen LogP contribution in [0.15, 0.2) is 27.6 Å². The topological polar surface area (TPSA) is 38.3 Å². The third-order valence-corrected chi connectivity index (χ3v) is 3.02. The van der Waals surface area contributed by atoms with E-state index >= 15 is 0 Å². The Morgan fingerprint density at radius 3 is 2.88 bits per heavy atom. The Hall–Kier alpha value is -0.520. The molecule has 5 heteroatoms. The van der Waals surface area contributed by atoms with Crippen LogP contribution in [0.3, 0.4) is 0 Å². The number of rotatable bonds is 4. The number of hydrogen-bond donors (Lipinski definition) is 2. The molecule has 0 radical (unpaired) electrons. The first-order chi connectivity index (χ1) is 7.54. The summed E-state index contributed by atoms with van der Waals surface area (Å²) >= 11 is 7.57. The van der Waals surface area contributed by atoms with Crippen LogP contribution in [0.2, 0.25) is 0 Å². The third-order valence-electron chi connectivity index (χ3n) is 2.16. The molecule has 0 bridgehead atoms. The van der Waals surface area contributed by atoms with E-state index in [2.05, 4.69) is 33.9 Å². The second-order valence-electron chi connectivity index (χ2n) is 3.42. The third kappa shape index (κ3) is 3.81. The van der Waals surface area contributed by atoms with E-state index in [1.807, 2.05) is 13.0 Å². The van der Waals surface area contributed by atoms with Gasteiger partial charge in [-0.1, -0.05) is 15.9 Å². The average molecular weight is 304 g/mol.